The summed E-state index contributed by atoms with van der Waals surface area (Å²) in [4.78, 5) is 4.83. The summed E-state index contributed by atoms with van der Waals surface area (Å²) < 4.78 is 19.1. The number of halogens is 2. The van der Waals surface area contributed by atoms with Gasteiger partial charge in [0.1, 0.15) is 16.8 Å². The van der Waals surface area contributed by atoms with Crippen molar-refractivity contribution in [3.63, 3.8) is 0 Å². The molecule has 7 heteroatoms. The van der Waals surface area contributed by atoms with E-state index in [0.717, 1.165) is 0 Å². The highest BCUT2D eigenvalue weighted by Gasteiger charge is 2.17. The summed E-state index contributed by atoms with van der Waals surface area (Å²) in [6.07, 6.45) is 0. The zero-order valence-electron chi connectivity index (χ0n) is 9.80. The smallest absolute Gasteiger partial charge is 0.269 e. The van der Waals surface area contributed by atoms with E-state index in [1.807, 2.05) is 0 Å². The molecule has 0 amide bonds. The van der Waals surface area contributed by atoms with E-state index in [1.165, 1.54) is 23.5 Å². The molecule has 2 heterocycles. The van der Waals surface area contributed by atoms with Crippen LogP contribution in [0, 0.1) is 17.1 Å². The lowest BCUT2D eigenvalue weighted by molar-refractivity contribution is 0.433. The monoisotopic (exact) mass is 349 g/mol. The molecule has 0 fully saturated rings. The van der Waals surface area contributed by atoms with E-state index in [9.17, 15) is 4.39 Å². The van der Waals surface area contributed by atoms with Gasteiger partial charge in [-0.2, -0.15) is 10.2 Å². The Morgan fingerprint density at radius 3 is 3.00 bits per heavy atom. The van der Waals surface area contributed by atoms with Crippen LogP contribution in [0.25, 0.3) is 22.2 Å². The first-order valence-electron chi connectivity index (χ1n) is 5.46. The molecular weight excluding hydrogens is 345 g/mol. The third-order valence-electron chi connectivity index (χ3n) is 2.58. The number of hydrogen-bond acceptors (Lipinski definition) is 5. The second-order valence-electron chi connectivity index (χ2n) is 3.82. The van der Waals surface area contributed by atoms with Crippen molar-refractivity contribution < 1.29 is 8.91 Å². The van der Waals surface area contributed by atoms with Gasteiger partial charge in [-0.1, -0.05) is 21.1 Å². The molecule has 4 nitrogen and oxygen atoms in total. The van der Waals surface area contributed by atoms with Gasteiger partial charge in [0.15, 0.2) is 0 Å². The number of nitriles is 1. The third kappa shape index (κ3) is 2.24. The van der Waals surface area contributed by atoms with Gasteiger partial charge in [-0.15, -0.1) is 11.3 Å². The Kier molecular flexibility index (Phi) is 3.34. The van der Waals surface area contributed by atoms with Gasteiger partial charge in [0.2, 0.25) is 5.82 Å². The maximum absolute atomic E-state index is 13.3. The molecule has 3 aromatic rings. The number of benzene rings is 1. The quantitative estimate of drug-likeness (QED) is 0.694. The molecule has 0 radical (unpaired) electrons. The number of thiophene rings is 1. The van der Waals surface area contributed by atoms with E-state index in [1.54, 1.807) is 17.5 Å². The van der Waals surface area contributed by atoms with Crippen molar-refractivity contribution in [1.82, 2.24) is 10.1 Å². The summed E-state index contributed by atoms with van der Waals surface area (Å²) in [6, 6.07) is 7.97. The lowest BCUT2D eigenvalue weighted by Crippen LogP contribution is -1.85. The highest BCUT2D eigenvalue weighted by molar-refractivity contribution is 9.10. The van der Waals surface area contributed by atoms with Gasteiger partial charge in [-0.05, 0) is 29.6 Å². The van der Waals surface area contributed by atoms with E-state index in [2.05, 4.69) is 32.1 Å². The Balaban J connectivity index is 2.07. The van der Waals surface area contributed by atoms with Crippen LogP contribution in [-0.4, -0.2) is 10.1 Å². The van der Waals surface area contributed by atoms with Gasteiger partial charge in [0.05, 0.1) is 5.56 Å². The fraction of sp³-hybridized carbons (Fsp3) is 0. The summed E-state index contributed by atoms with van der Waals surface area (Å²) in [5.41, 5.74) is 0.971. The van der Waals surface area contributed by atoms with E-state index >= 15 is 0 Å². The maximum Gasteiger partial charge on any atom is 0.269 e. The fourth-order valence-electron chi connectivity index (χ4n) is 1.66. The zero-order chi connectivity index (χ0) is 14.1. The van der Waals surface area contributed by atoms with Crippen LogP contribution in [0.2, 0.25) is 0 Å². The van der Waals surface area contributed by atoms with Crippen molar-refractivity contribution in [3.8, 4) is 28.2 Å². The second-order valence-corrected chi connectivity index (χ2v) is 5.59. The Hall–Kier alpha value is -2.04. The lowest BCUT2D eigenvalue weighted by atomic mass is 10.2. The van der Waals surface area contributed by atoms with Crippen molar-refractivity contribution in [2.45, 2.75) is 0 Å². The van der Waals surface area contributed by atoms with Crippen LogP contribution in [0.5, 0.6) is 0 Å². The zero-order valence-corrected chi connectivity index (χ0v) is 12.2. The molecule has 0 aliphatic heterocycles. The van der Waals surface area contributed by atoms with Crippen molar-refractivity contribution in [3.05, 3.63) is 45.5 Å². The summed E-state index contributed by atoms with van der Waals surface area (Å²) in [5.74, 6) is 0.134. The molecule has 2 aromatic heterocycles. The first kappa shape index (κ1) is 13.0. The van der Waals surface area contributed by atoms with Gasteiger partial charge in [-0.25, -0.2) is 4.39 Å². The summed E-state index contributed by atoms with van der Waals surface area (Å²) >= 11 is 4.65. The first-order valence-corrected chi connectivity index (χ1v) is 7.13. The highest BCUT2D eigenvalue weighted by Crippen LogP contribution is 2.32. The van der Waals surface area contributed by atoms with Gasteiger partial charge in [0, 0.05) is 10.0 Å². The van der Waals surface area contributed by atoms with Crippen molar-refractivity contribution >= 4 is 27.3 Å². The normalized spacial score (nSPS) is 10.4. The standard InChI is InChI=1S/C13H5BrFN3OS/c14-10-2-1-8(15)5-9(10)12-17-13(19-18-12)11-7(6-16)3-4-20-11/h1-5H. The predicted octanol–water partition coefficient (Wildman–Crippen LogP) is 4.24. The van der Waals surface area contributed by atoms with Crippen LogP contribution in [-0.2, 0) is 0 Å². The minimum Gasteiger partial charge on any atom is -0.333 e. The van der Waals surface area contributed by atoms with Crippen LogP contribution in [0.4, 0.5) is 4.39 Å². The minimum atomic E-state index is -0.386. The van der Waals surface area contributed by atoms with Crippen LogP contribution in [0.15, 0.2) is 38.6 Å². The van der Waals surface area contributed by atoms with E-state index < -0.39 is 0 Å². The van der Waals surface area contributed by atoms with Gasteiger partial charge >= 0.3 is 0 Å². The Morgan fingerprint density at radius 2 is 2.20 bits per heavy atom. The van der Waals surface area contributed by atoms with Crippen LogP contribution < -0.4 is 0 Å². The molecule has 0 aliphatic carbocycles. The Morgan fingerprint density at radius 1 is 1.35 bits per heavy atom. The summed E-state index contributed by atoms with van der Waals surface area (Å²) in [7, 11) is 0. The van der Waals surface area contributed by atoms with Crippen molar-refractivity contribution in [2.24, 2.45) is 0 Å². The van der Waals surface area contributed by atoms with Crippen LogP contribution in [0.3, 0.4) is 0 Å². The molecule has 0 aliphatic rings. The van der Waals surface area contributed by atoms with Crippen molar-refractivity contribution in [1.29, 1.82) is 5.26 Å². The van der Waals surface area contributed by atoms with Gasteiger partial charge in [0.25, 0.3) is 5.89 Å². The number of hydrogen-bond donors (Lipinski definition) is 0. The average molecular weight is 350 g/mol. The largest absolute Gasteiger partial charge is 0.333 e. The predicted molar refractivity (Wildman–Crippen MR) is 75.4 cm³/mol. The molecule has 20 heavy (non-hydrogen) atoms. The molecule has 0 atom stereocenters. The third-order valence-corrected chi connectivity index (χ3v) is 4.17. The molecule has 98 valence electrons. The number of rotatable bonds is 2. The molecule has 0 N–H and O–H groups in total. The average Bonchev–Trinajstić information content (AvgIpc) is 3.08. The SMILES string of the molecule is N#Cc1ccsc1-c1nc(-c2cc(F)ccc2Br)no1. The lowest BCUT2D eigenvalue weighted by Gasteiger charge is -1.98. The van der Waals surface area contributed by atoms with Crippen LogP contribution >= 0.6 is 27.3 Å². The van der Waals surface area contributed by atoms with Gasteiger partial charge < -0.3 is 4.52 Å². The second kappa shape index (κ2) is 5.15. The number of aromatic nitrogens is 2. The van der Waals surface area contributed by atoms with E-state index in [4.69, 9.17) is 9.78 Å². The molecule has 0 saturated carbocycles. The first-order chi connectivity index (χ1) is 9.69. The Bertz CT molecular complexity index is 821. The summed E-state index contributed by atoms with van der Waals surface area (Å²) in [5, 5.41) is 14.6. The molecular formula is C13H5BrFN3OS. The van der Waals surface area contributed by atoms with Gasteiger partial charge in [-0.3, -0.25) is 0 Å². The molecule has 0 saturated heterocycles. The number of nitrogens with zero attached hydrogens (tertiary/aromatic N) is 3. The minimum absolute atomic E-state index is 0.253. The molecule has 3 rings (SSSR count). The van der Waals surface area contributed by atoms with E-state index in [0.29, 0.717) is 20.5 Å². The Labute approximate surface area is 125 Å². The maximum atomic E-state index is 13.3. The highest BCUT2D eigenvalue weighted by atomic mass is 79.9. The van der Waals surface area contributed by atoms with Crippen LogP contribution in [0.1, 0.15) is 5.56 Å². The topological polar surface area (TPSA) is 62.7 Å². The van der Waals surface area contributed by atoms with Crippen molar-refractivity contribution in [2.75, 3.05) is 0 Å². The fourth-order valence-corrected chi connectivity index (χ4v) is 2.85. The molecule has 0 bridgehead atoms. The molecule has 0 spiro atoms. The molecule has 1 aromatic carbocycles. The summed E-state index contributed by atoms with van der Waals surface area (Å²) in [6.45, 7) is 0. The molecule has 0 unspecified atom stereocenters. The van der Waals surface area contributed by atoms with E-state index in [-0.39, 0.29) is 17.5 Å².